The summed E-state index contributed by atoms with van der Waals surface area (Å²) in [7, 11) is 1.95. The Hall–Kier alpha value is -3.16. The lowest BCUT2D eigenvalue weighted by molar-refractivity contribution is -0.140. The van der Waals surface area contributed by atoms with E-state index in [1.54, 1.807) is 0 Å². The maximum Gasteiger partial charge on any atom is 0.303 e. The van der Waals surface area contributed by atoms with Gasteiger partial charge in [-0.25, -0.2) is 4.98 Å². The largest absolute Gasteiger partial charge is 0.481 e. The van der Waals surface area contributed by atoms with E-state index in [4.69, 9.17) is 4.98 Å². The average molecular weight is 466 g/mol. The van der Waals surface area contributed by atoms with Crippen molar-refractivity contribution in [3.8, 4) is 0 Å². The summed E-state index contributed by atoms with van der Waals surface area (Å²) in [6.45, 7) is 11.9. The fourth-order valence-corrected chi connectivity index (χ4v) is 5.36. The van der Waals surface area contributed by atoms with E-state index >= 15 is 0 Å². The number of nitrogens with zero attached hydrogens (tertiary/aromatic N) is 5. The molecule has 182 valence electrons. The number of hydrogen-bond acceptors (Lipinski definition) is 4. The number of aliphatic carboxylic acids is 1. The van der Waals surface area contributed by atoms with Crippen LogP contribution in [0.15, 0.2) is 24.4 Å². The lowest BCUT2D eigenvalue weighted by atomic mass is 9.79. The molecule has 34 heavy (non-hydrogen) atoms. The Balaban J connectivity index is 1.68. The molecular weight excluding hydrogens is 430 g/mol. The highest BCUT2D eigenvalue weighted by molar-refractivity contribution is 5.85. The van der Waals surface area contributed by atoms with Crippen LogP contribution in [0.4, 0.5) is 0 Å². The third kappa shape index (κ3) is 4.58. The fourth-order valence-electron chi connectivity index (χ4n) is 5.36. The van der Waals surface area contributed by atoms with Gasteiger partial charge in [0.05, 0.1) is 30.9 Å². The van der Waals surface area contributed by atoms with Gasteiger partial charge < -0.3 is 14.6 Å². The molecular formula is C26H35N5O3. The monoisotopic (exact) mass is 465 g/mol. The van der Waals surface area contributed by atoms with Gasteiger partial charge in [0.15, 0.2) is 0 Å². The van der Waals surface area contributed by atoms with Crippen LogP contribution < -0.4 is 0 Å². The summed E-state index contributed by atoms with van der Waals surface area (Å²) >= 11 is 0. The second-order valence-corrected chi connectivity index (χ2v) is 11.1. The summed E-state index contributed by atoms with van der Waals surface area (Å²) in [6, 6.07) is 6.18. The maximum absolute atomic E-state index is 13.3. The minimum absolute atomic E-state index is 0.0555. The highest BCUT2D eigenvalue weighted by Crippen LogP contribution is 2.40. The van der Waals surface area contributed by atoms with Crippen molar-refractivity contribution < 1.29 is 14.7 Å². The van der Waals surface area contributed by atoms with Gasteiger partial charge in [0, 0.05) is 42.7 Å². The van der Waals surface area contributed by atoms with E-state index in [1.165, 1.54) is 5.56 Å². The minimum Gasteiger partial charge on any atom is -0.481 e. The summed E-state index contributed by atoms with van der Waals surface area (Å²) in [5.41, 5.74) is 4.68. The molecule has 8 nitrogen and oxygen atoms in total. The first-order chi connectivity index (χ1) is 15.9. The Morgan fingerprint density at radius 1 is 1.26 bits per heavy atom. The molecule has 0 bridgehead atoms. The maximum atomic E-state index is 13.3. The van der Waals surface area contributed by atoms with Crippen LogP contribution in [0.3, 0.4) is 0 Å². The van der Waals surface area contributed by atoms with E-state index in [0.29, 0.717) is 32.5 Å². The number of aryl methyl sites for hydroxylation is 2. The van der Waals surface area contributed by atoms with Crippen LogP contribution in [-0.2, 0) is 35.1 Å². The molecule has 8 heteroatoms. The number of carboxylic acid groups (broad SMARTS) is 1. The number of fused-ring (bicyclic) bond motifs is 3. The molecule has 4 heterocycles. The van der Waals surface area contributed by atoms with Gasteiger partial charge in [-0.3, -0.25) is 14.3 Å². The second-order valence-electron chi connectivity index (χ2n) is 11.1. The van der Waals surface area contributed by atoms with E-state index in [0.717, 1.165) is 28.1 Å². The SMILES string of the molecule is Cc1cc(Cn2c3c(c4cccnc42)C(C)(C)CN(C(=O)CCC(C)(C)CC(=O)O)C3)n(C)n1. The minimum atomic E-state index is -0.830. The van der Waals surface area contributed by atoms with Gasteiger partial charge in [0.2, 0.25) is 5.91 Å². The van der Waals surface area contributed by atoms with Gasteiger partial charge in [-0.1, -0.05) is 27.7 Å². The topological polar surface area (TPSA) is 93.3 Å². The van der Waals surface area contributed by atoms with Crippen LogP contribution in [0.5, 0.6) is 0 Å². The molecule has 0 aromatic carbocycles. The molecule has 1 aliphatic heterocycles. The smallest absolute Gasteiger partial charge is 0.303 e. The molecule has 1 aliphatic rings. The van der Waals surface area contributed by atoms with Crippen molar-refractivity contribution in [2.75, 3.05) is 6.54 Å². The molecule has 0 aliphatic carbocycles. The number of carbonyl (C=O) groups is 2. The van der Waals surface area contributed by atoms with Crippen LogP contribution in [0, 0.1) is 12.3 Å². The molecule has 3 aromatic heterocycles. The van der Waals surface area contributed by atoms with Gasteiger partial charge in [0.25, 0.3) is 0 Å². The quantitative estimate of drug-likeness (QED) is 0.569. The first kappa shape index (κ1) is 24.0. The van der Waals surface area contributed by atoms with Crippen molar-refractivity contribution in [3.05, 3.63) is 47.0 Å². The van der Waals surface area contributed by atoms with E-state index in [1.807, 2.05) is 49.7 Å². The number of carboxylic acids is 1. The number of amides is 1. The van der Waals surface area contributed by atoms with Gasteiger partial charge in [-0.05, 0) is 42.5 Å². The number of hydrogen-bond donors (Lipinski definition) is 1. The van der Waals surface area contributed by atoms with Gasteiger partial charge >= 0.3 is 5.97 Å². The Morgan fingerprint density at radius 2 is 2.00 bits per heavy atom. The summed E-state index contributed by atoms with van der Waals surface area (Å²) < 4.78 is 4.13. The third-order valence-corrected chi connectivity index (χ3v) is 6.95. The zero-order chi connectivity index (χ0) is 24.8. The zero-order valence-corrected chi connectivity index (χ0v) is 21.1. The molecule has 0 unspecified atom stereocenters. The van der Waals surface area contributed by atoms with Gasteiger partial charge in [0.1, 0.15) is 5.65 Å². The Labute approximate surface area is 200 Å². The Morgan fingerprint density at radius 3 is 2.65 bits per heavy atom. The fraction of sp³-hybridized carbons (Fsp3) is 0.538. The molecule has 0 fully saturated rings. The third-order valence-electron chi connectivity index (χ3n) is 6.95. The molecule has 1 N–H and O–H groups in total. The number of rotatable bonds is 7. The predicted molar refractivity (Wildman–Crippen MR) is 130 cm³/mol. The molecule has 0 saturated carbocycles. The van der Waals surface area contributed by atoms with E-state index in [9.17, 15) is 14.7 Å². The van der Waals surface area contributed by atoms with Gasteiger partial charge in [-0.15, -0.1) is 0 Å². The van der Waals surface area contributed by atoms with Crippen molar-refractivity contribution >= 4 is 22.9 Å². The molecule has 0 atom stereocenters. The summed E-state index contributed by atoms with van der Waals surface area (Å²) in [5, 5.41) is 14.8. The van der Waals surface area contributed by atoms with Crippen LogP contribution in [0.25, 0.3) is 11.0 Å². The number of carbonyl (C=O) groups excluding carboxylic acids is 1. The molecule has 4 rings (SSSR count). The first-order valence-corrected chi connectivity index (χ1v) is 11.8. The van der Waals surface area contributed by atoms with Crippen molar-refractivity contribution in [2.45, 2.75) is 72.4 Å². The van der Waals surface area contributed by atoms with Crippen LogP contribution >= 0.6 is 0 Å². The second kappa shape index (κ2) is 8.56. The number of pyridine rings is 1. The van der Waals surface area contributed by atoms with E-state index in [-0.39, 0.29) is 17.7 Å². The van der Waals surface area contributed by atoms with Crippen LogP contribution in [0.2, 0.25) is 0 Å². The molecule has 0 spiro atoms. The van der Waals surface area contributed by atoms with Crippen molar-refractivity contribution in [2.24, 2.45) is 12.5 Å². The van der Waals surface area contributed by atoms with E-state index in [2.05, 4.69) is 35.6 Å². The molecule has 3 aromatic rings. The highest BCUT2D eigenvalue weighted by atomic mass is 16.4. The Kier molecular flexibility index (Phi) is 6.04. The summed E-state index contributed by atoms with van der Waals surface area (Å²) in [6.07, 6.45) is 2.75. The predicted octanol–water partition coefficient (Wildman–Crippen LogP) is 4.03. The Bertz CT molecular complexity index is 1250. The van der Waals surface area contributed by atoms with Crippen molar-refractivity contribution in [1.29, 1.82) is 0 Å². The van der Waals surface area contributed by atoms with E-state index < -0.39 is 11.4 Å². The van der Waals surface area contributed by atoms with Crippen LogP contribution in [-0.4, -0.2) is 47.8 Å². The first-order valence-electron chi connectivity index (χ1n) is 11.8. The standard InChI is InChI=1S/C26H35N5O3/c1-17-12-18(29(6)28-17)14-31-20-15-30(21(32)9-10-25(2,3)13-22(33)34)16-26(4,5)23(20)19-8-7-11-27-24(19)31/h7-8,11-12H,9-10,13-16H2,1-6H3,(H,33,34). The average Bonchev–Trinajstić information content (AvgIpc) is 3.22. The number of aromatic nitrogens is 4. The van der Waals surface area contributed by atoms with Crippen molar-refractivity contribution in [1.82, 2.24) is 24.2 Å². The van der Waals surface area contributed by atoms with Gasteiger partial charge in [-0.2, -0.15) is 5.10 Å². The lowest BCUT2D eigenvalue weighted by Crippen LogP contribution is -2.45. The summed E-state index contributed by atoms with van der Waals surface area (Å²) in [4.78, 5) is 31.1. The highest BCUT2D eigenvalue weighted by Gasteiger charge is 2.39. The van der Waals surface area contributed by atoms with Crippen LogP contribution in [0.1, 0.15) is 69.6 Å². The summed E-state index contributed by atoms with van der Waals surface area (Å²) in [5.74, 6) is -0.762. The molecule has 0 saturated heterocycles. The normalized spacial score (nSPS) is 15.5. The lowest BCUT2D eigenvalue weighted by Gasteiger charge is -2.39. The zero-order valence-electron chi connectivity index (χ0n) is 21.1. The molecule has 0 radical (unpaired) electrons. The molecule has 1 amide bonds. The van der Waals surface area contributed by atoms with Crippen molar-refractivity contribution in [3.63, 3.8) is 0 Å².